The van der Waals surface area contributed by atoms with Gasteiger partial charge < -0.3 is 20.3 Å². The van der Waals surface area contributed by atoms with Crippen LogP contribution < -0.4 is 20.3 Å². The number of benzene rings is 1. The zero-order chi connectivity index (χ0) is 20.7. The van der Waals surface area contributed by atoms with Crippen LogP contribution in [0.4, 0.5) is 18.2 Å². The summed E-state index contributed by atoms with van der Waals surface area (Å²) in [4.78, 5) is 6.63. The van der Waals surface area contributed by atoms with E-state index in [-0.39, 0.29) is 5.75 Å². The first kappa shape index (κ1) is 21.3. The minimum Gasteiger partial charge on any atom is -0.484 e. The van der Waals surface area contributed by atoms with Crippen LogP contribution in [0.2, 0.25) is 0 Å². The first-order chi connectivity index (χ1) is 13.9. The Morgan fingerprint density at radius 1 is 1.21 bits per heavy atom. The van der Waals surface area contributed by atoms with E-state index in [2.05, 4.69) is 38.0 Å². The van der Waals surface area contributed by atoms with Crippen molar-refractivity contribution >= 4 is 22.3 Å². The number of hydrogen-bond donors (Lipinski definition) is 2. The number of hydrogen-bond acceptors (Lipinski definition) is 4. The summed E-state index contributed by atoms with van der Waals surface area (Å²) >= 11 is 1.75. The van der Waals surface area contributed by atoms with E-state index in [0.717, 1.165) is 25.9 Å². The van der Waals surface area contributed by atoms with Gasteiger partial charge in [0.2, 0.25) is 0 Å². The lowest BCUT2D eigenvalue weighted by Crippen LogP contribution is -2.48. The molecule has 1 fully saturated rings. The molecule has 0 aliphatic carbocycles. The number of piperidine rings is 1. The maximum atomic E-state index is 12.4. The van der Waals surface area contributed by atoms with Crippen LogP contribution in [0.15, 0.2) is 46.8 Å². The van der Waals surface area contributed by atoms with E-state index in [4.69, 9.17) is 4.74 Å². The maximum Gasteiger partial charge on any atom is 0.422 e. The van der Waals surface area contributed by atoms with Gasteiger partial charge in [-0.1, -0.05) is 18.2 Å². The SMILES string of the molecule is CN=C(NCc1ccccc1OCC(F)(F)F)NC1CCN(c2cccs2)CC1. The predicted molar refractivity (Wildman–Crippen MR) is 111 cm³/mol. The predicted octanol–water partition coefficient (Wildman–Crippen LogP) is 4.02. The van der Waals surface area contributed by atoms with Crippen LogP contribution in [0.3, 0.4) is 0 Å². The van der Waals surface area contributed by atoms with Gasteiger partial charge in [-0.05, 0) is 36.4 Å². The largest absolute Gasteiger partial charge is 0.484 e. The Hall–Kier alpha value is -2.42. The summed E-state index contributed by atoms with van der Waals surface area (Å²) in [6.07, 6.45) is -2.39. The molecule has 1 aromatic carbocycles. The Labute approximate surface area is 172 Å². The summed E-state index contributed by atoms with van der Waals surface area (Å²) in [5, 5.41) is 9.97. The van der Waals surface area contributed by atoms with Crippen LogP contribution in [0.5, 0.6) is 5.75 Å². The van der Waals surface area contributed by atoms with Gasteiger partial charge in [0, 0.05) is 38.3 Å². The Bertz CT molecular complexity index is 787. The van der Waals surface area contributed by atoms with Crippen LogP contribution in [-0.4, -0.2) is 44.9 Å². The number of anilines is 1. The topological polar surface area (TPSA) is 48.9 Å². The van der Waals surface area contributed by atoms with Gasteiger partial charge in [-0.2, -0.15) is 13.2 Å². The molecule has 0 amide bonds. The van der Waals surface area contributed by atoms with Crippen molar-refractivity contribution in [3.05, 3.63) is 47.3 Å². The van der Waals surface area contributed by atoms with Gasteiger partial charge in [-0.15, -0.1) is 11.3 Å². The molecule has 158 valence electrons. The quantitative estimate of drug-likeness (QED) is 0.541. The zero-order valence-electron chi connectivity index (χ0n) is 16.2. The molecule has 0 bridgehead atoms. The smallest absolute Gasteiger partial charge is 0.422 e. The fourth-order valence-electron chi connectivity index (χ4n) is 3.21. The van der Waals surface area contributed by atoms with E-state index >= 15 is 0 Å². The Kier molecular flexibility index (Phi) is 7.24. The van der Waals surface area contributed by atoms with E-state index in [0.29, 0.717) is 24.1 Å². The molecular formula is C20H25F3N4OS. The summed E-state index contributed by atoms with van der Waals surface area (Å²) in [5.41, 5.74) is 0.646. The van der Waals surface area contributed by atoms with Gasteiger partial charge in [-0.25, -0.2) is 0 Å². The molecule has 5 nitrogen and oxygen atoms in total. The van der Waals surface area contributed by atoms with Gasteiger partial charge in [0.15, 0.2) is 12.6 Å². The lowest BCUT2D eigenvalue weighted by atomic mass is 10.1. The highest BCUT2D eigenvalue weighted by molar-refractivity contribution is 7.14. The highest BCUT2D eigenvalue weighted by Crippen LogP contribution is 2.25. The number of rotatable bonds is 6. The third-order valence-electron chi connectivity index (χ3n) is 4.69. The number of nitrogens with zero attached hydrogens (tertiary/aromatic N) is 2. The summed E-state index contributed by atoms with van der Waals surface area (Å²) in [6.45, 7) is 0.966. The highest BCUT2D eigenvalue weighted by Gasteiger charge is 2.28. The van der Waals surface area contributed by atoms with E-state index in [1.165, 1.54) is 5.00 Å². The van der Waals surface area contributed by atoms with Crippen LogP contribution in [-0.2, 0) is 6.54 Å². The van der Waals surface area contributed by atoms with E-state index in [1.807, 2.05) is 0 Å². The Morgan fingerprint density at radius 3 is 2.62 bits per heavy atom. The van der Waals surface area contributed by atoms with Crippen molar-refractivity contribution in [2.24, 2.45) is 4.99 Å². The molecule has 0 radical (unpaired) electrons. The fourth-order valence-corrected chi connectivity index (χ4v) is 4.00. The van der Waals surface area contributed by atoms with E-state index in [9.17, 15) is 13.2 Å². The third kappa shape index (κ3) is 6.56. The standard InChI is InChI=1S/C20H25F3N4OS/c1-24-19(26-16-8-10-27(11-9-16)18-7-4-12-29-18)25-13-15-5-2-3-6-17(15)28-14-20(21,22)23/h2-7,12,16H,8-11,13-14H2,1H3,(H2,24,25,26). The molecule has 9 heteroatoms. The highest BCUT2D eigenvalue weighted by atomic mass is 32.1. The summed E-state index contributed by atoms with van der Waals surface area (Å²) < 4.78 is 42.3. The third-order valence-corrected chi connectivity index (χ3v) is 5.62. The molecule has 1 aliphatic rings. The number of para-hydroxylation sites is 1. The van der Waals surface area contributed by atoms with E-state index < -0.39 is 12.8 Å². The first-order valence-electron chi connectivity index (χ1n) is 9.47. The zero-order valence-corrected chi connectivity index (χ0v) is 17.0. The summed E-state index contributed by atoms with van der Waals surface area (Å²) in [5.74, 6) is 0.849. The van der Waals surface area contributed by atoms with Gasteiger partial charge in [-0.3, -0.25) is 4.99 Å². The van der Waals surface area contributed by atoms with Crippen LogP contribution in [0, 0.1) is 0 Å². The average Bonchev–Trinajstić information content (AvgIpc) is 3.25. The van der Waals surface area contributed by atoms with Crippen molar-refractivity contribution < 1.29 is 17.9 Å². The second kappa shape index (κ2) is 9.87. The molecule has 3 rings (SSSR count). The molecule has 1 aliphatic heterocycles. The second-order valence-corrected chi connectivity index (χ2v) is 7.72. The maximum absolute atomic E-state index is 12.4. The average molecular weight is 427 g/mol. The van der Waals surface area contributed by atoms with E-state index in [1.54, 1.807) is 42.6 Å². The lowest BCUT2D eigenvalue weighted by molar-refractivity contribution is -0.153. The van der Waals surface area contributed by atoms with Crippen molar-refractivity contribution in [2.45, 2.75) is 31.6 Å². The van der Waals surface area contributed by atoms with Crippen molar-refractivity contribution in [2.75, 3.05) is 31.6 Å². The molecule has 0 atom stereocenters. The number of alkyl halides is 3. The Balaban J connectivity index is 1.49. The minimum atomic E-state index is -4.36. The molecule has 1 aromatic heterocycles. The number of guanidine groups is 1. The van der Waals surface area contributed by atoms with Crippen LogP contribution in [0.1, 0.15) is 18.4 Å². The van der Waals surface area contributed by atoms with Crippen molar-refractivity contribution in [1.29, 1.82) is 0 Å². The van der Waals surface area contributed by atoms with Crippen molar-refractivity contribution in [1.82, 2.24) is 10.6 Å². The number of halogens is 3. The fraction of sp³-hybridized carbons (Fsp3) is 0.450. The molecular weight excluding hydrogens is 401 g/mol. The van der Waals surface area contributed by atoms with Crippen LogP contribution in [0.25, 0.3) is 0 Å². The van der Waals surface area contributed by atoms with Crippen LogP contribution >= 0.6 is 11.3 Å². The summed E-state index contributed by atoms with van der Waals surface area (Å²) in [7, 11) is 1.68. The molecule has 2 heterocycles. The first-order valence-corrected chi connectivity index (χ1v) is 10.4. The van der Waals surface area contributed by atoms with Gasteiger partial charge in [0.25, 0.3) is 0 Å². The van der Waals surface area contributed by atoms with Crippen molar-refractivity contribution in [3.8, 4) is 5.75 Å². The second-order valence-electron chi connectivity index (χ2n) is 6.79. The number of thiophene rings is 1. The van der Waals surface area contributed by atoms with Gasteiger partial charge >= 0.3 is 6.18 Å². The molecule has 0 unspecified atom stereocenters. The molecule has 2 aromatic rings. The Morgan fingerprint density at radius 2 is 1.97 bits per heavy atom. The number of ether oxygens (including phenoxy) is 1. The molecule has 29 heavy (non-hydrogen) atoms. The monoisotopic (exact) mass is 426 g/mol. The molecule has 2 N–H and O–H groups in total. The lowest BCUT2D eigenvalue weighted by Gasteiger charge is -2.33. The molecule has 0 spiro atoms. The van der Waals surface area contributed by atoms with Gasteiger partial charge in [0.05, 0.1) is 5.00 Å². The summed E-state index contributed by atoms with van der Waals surface area (Å²) in [6, 6.07) is 11.2. The number of nitrogens with one attached hydrogen (secondary N) is 2. The normalized spacial score (nSPS) is 16.0. The minimum absolute atomic E-state index is 0.219. The van der Waals surface area contributed by atoms with Crippen molar-refractivity contribution in [3.63, 3.8) is 0 Å². The van der Waals surface area contributed by atoms with Gasteiger partial charge in [0.1, 0.15) is 5.75 Å². The molecule has 0 saturated carbocycles. The number of aliphatic imine (C=N–C) groups is 1. The molecule has 1 saturated heterocycles.